The number of likely N-dealkylation sites (tertiary alicyclic amines) is 1. The Balaban J connectivity index is 1.58. The molecule has 3 rings (SSSR count). The monoisotopic (exact) mass is 484 g/mol. The highest BCUT2D eigenvalue weighted by Gasteiger charge is 2.29. The molecule has 1 aliphatic rings. The van der Waals surface area contributed by atoms with Gasteiger partial charge in [0.2, 0.25) is 11.8 Å². The van der Waals surface area contributed by atoms with Gasteiger partial charge in [0.05, 0.1) is 25.1 Å². The number of aromatic nitrogens is 2. The summed E-state index contributed by atoms with van der Waals surface area (Å²) in [5.74, 6) is -0.161. The SMILES string of the molecule is CC1CCCN(C(=O)Cn2cnc(NC(=O)[C@@H](COCc3ccccc3)NC(=O)C(C)(C)N)c2)C1. The van der Waals surface area contributed by atoms with Crippen molar-refractivity contribution < 1.29 is 19.1 Å². The second-order valence-electron chi connectivity index (χ2n) is 9.76. The van der Waals surface area contributed by atoms with Gasteiger partial charge >= 0.3 is 0 Å². The molecular formula is C25H36N6O4. The fraction of sp³-hybridized carbons (Fsp3) is 0.520. The lowest BCUT2D eigenvalue weighted by molar-refractivity contribution is -0.133. The van der Waals surface area contributed by atoms with Crippen LogP contribution in [0.5, 0.6) is 0 Å². The first-order valence-corrected chi connectivity index (χ1v) is 11.9. The quantitative estimate of drug-likeness (QED) is 0.469. The summed E-state index contributed by atoms with van der Waals surface area (Å²) in [6.45, 7) is 7.19. The summed E-state index contributed by atoms with van der Waals surface area (Å²) in [4.78, 5) is 44.1. The van der Waals surface area contributed by atoms with Crippen LogP contribution in [0.25, 0.3) is 0 Å². The van der Waals surface area contributed by atoms with Crippen molar-refractivity contribution in [3.63, 3.8) is 0 Å². The number of hydrogen-bond donors (Lipinski definition) is 3. The molecule has 1 fully saturated rings. The second kappa shape index (κ2) is 11.9. The van der Waals surface area contributed by atoms with E-state index in [1.165, 1.54) is 6.33 Å². The fourth-order valence-electron chi connectivity index (χ4n) is 3.79. The Hall–Kier alpha value is -3.24. The molecular weight excluding hydrogens is 448 g/mol. The van der Waals surface area contributed by atoms with Gasteiger partial charge in [-0.25, -0.2) is 4.98 Å². The number of carbonyl (C=O) groups excluding carboxylic acids is 3. The van der Waals surface area contributed by atoms with Crippen molar-refractivity contribution in [3.8, 4) is 0 Å². The highest BCUT2D eigenvalue weighted by molar-refractivity contribution is 5.98. The molecule has 0 bridgehead atoms. The number of nitrogens with two attached hydrogens (primary N) is 1. The molecule has 0 aliphatic carbocycles. The van der Waals surface area contributed by atoms with Crippen molar-refractivity contribution in [1.29, 1.82) is 0 Å². The van der Waals surface area contributed by atoms with Crippen LogP contribution in [0.15, 0.2) is 42.9 Å². The van der Waals surface area contributed by atoms with Crippen LogP contribution in [0.2, 0.25) is 0 Å². The number of nitrogens with one attached hydrogen (secondary N) is 2. The first-order valence-electron chi connectivity index (χ1n) is 11.9. The lowest BCUT2D eigenvalue weighted by Gasteiger charge is -2.31. The van der Waals surface area contributed by atoms with Crippen molar-refractivity contribution >= 4 is 23.5 Å². The van der Waals surface area contributed by atoms with Gasteiger partial charge in [0.15, 0.2) is 5.82 Å². The maximum atomic E-state index is 13.0. The first-order chi connectivity index (χ1) is 16.6. The normalized spacial score (nSPS) is 17.0. The summed E-state index contributed by atoms with van der Waals surface area (Å²) in [6.07, 6.45) is 5.25. The predicted molar refractivity (Wildman–Crippen MR) is 132 cm³/mol. The lowest BCUT2D eigenvalue weighted by Crippen LogP contribution is -2.56. The fourth-order valence-corrected chi connectivity index (χ4v) is 3.79. The van der Waals surface area contributed by atoms with Crippen LogP contribution in [-0.2, 0) is 32.3 Å². The van der Waals surface area contributed by atoms with E-state index >= 15 is 0 Å². The van der Waals surface area contributed by atoms with Gasteiger partial charge in [-0.15, -0.1) is 0 Å². The smallest absolute Gasteiger partial charge is 0.250 e. The van der Waals surface area contributed by atoms with E-state index in [-0.39, 0.29) is 24.9 Å². The Kier molecular flexibility index (Phi) is 9.00. The van der Waals surface area contributed by atoms with E-state index in [2.05, 4.69) is 22.5 Å². The molecule has 4 N–H and O–H groups in total. The molecule has 2 heterocycles. The summed E-state index contributed by atoms with van der Waals surface area (Å²) in [5.41, 5.74) is 5.67. The molecule has 1 aromatic heterocycles. The van der Waals surface area contributed by atoms with E-state index in [1.54, 1.807) is 24.6 Å². The zero-order valence-corrected chi connectivity index (χ0v) is 20.7. The van der Waals surface area contributed by atoms with Crippen LogP contribution >= 0.6 is 0 Å². The molecule has 1 saturated heterocycles. The first kappa shape index (κ1) is 26.4. The minimum absolute atomic E-state index is 0.0245. The number of piperidine rings is 1. The van der Waals surface area contributed by atoms with Gasteiger partial charge in [-0.2, -0.15) is 0 Å². The third-order valence-electron chi connectivity index (χ3n) is 5.82. The van der Waals surface area contributed by atoms with Gasteiger partial charge in [-0.1, -0.05) is 37.3 Å². The third kappa shape index (κ3) is 8.18. The summed E-state index contributed by atoms with van der Waals surface area (Å²) >= 11 is 0. The molecule has 10 nitrogen and oxygen atoms in total. The van der Waals surface area contributed by atoms with Crippen LogP contribution < -0.4 is 16.4 Å². The van der Waals surface area contributed by atoms with Crippen LogP contribution in [0.3, 0.4) is 0 Å². The van der Waals surface area contributed by atoms with E-state index in [4.69, 9.17) is 10.5 Å². The lowest BCUT2D eigenvalue weighted by atomic mass is 10.0. The third-order valence-corrected chi connectivity index (χ3v) is 5.82. The predicted octanol–water partition coefficient (Wildman–Crippen LogP) is 1.52. The zero-order chi connectivity index (χ0) is 25.4. The van der Waals surface area contributed by atoms with Crippen LogP contribution in [0, 0.1) is 5.92 Å². The topological polar surface area (TPSA) is 132 Å². The highest BCUT2D eigenvalue weighted by atomic mass is 16.5. The van der Waals surface area contributed by atoms with Gasteiger partial charge < -0.3 is 30.6 Å². The minimum atomic E-state index is -1.16. The maximum Gasteiger partial charge on any atom is 0.250 e. The van der Waals surface area contributed by atoms with Crippen molar-refractivity contribution in [2.45, 2.75) is 58.3 Å². The number of nitrogens with zero attached hydrogens (tertiary/aromatic N) is 3. The summed E-state index contributed by atoms with van der Waals surface area (Å²) in [5, 5.41) is 5.35. The number of benzene rings is 1. The number of hydrogen-bond acceptors (Lipinski definition) is 6. The molecule has 2 aromatic rings. The average Bonchev–Trinajstić information content (AvgIpc) is 3.24. The summed E-state index contributed by atoms with van der Waals surface area (Å²) in [6, 6.07) is 8.55. The standard InChI is InChI=1S/C25H36N6O4/c1-18-8-7-11-31(12-18)22(32)14-30-13-21(27-17-30)29-23(33)20(28-24(34)25(2,3)26)16-35-15-19-9-5-4-6-10-19/h4-6,9-10,13,17-18,20H,7-8,11-12,14-16,26H2,1-3H3,(H,28,34)(H,29,33)/t18?,20-/m1/s1. The van der Waals surface area contributed by atoms with Crippen molar-refractivity contribution in [3.05, 3.63) is 48.4 Å². The van der Waals surface area contributed by atoms with Crippen molar-refractivity contribution in [1.82, 2.24) is 19.8 Å². The second-order valence-corrected chi connectivity index (χ2v) is 9.76. The maximum absolute atomic E-state index is 13.0. The zero-order valence-electron chi connectivity index (χ0n) is 20.7. The van der Waals surface area contributed by atoms with Gasteiger partial charge in [0, 0.05) is 19.3 Å². The molecule has 35 heavy (non-hydrogen) atoms. The van der Waals surface area contributed by atoms with E-state index in [0.29, 0.717) is 12.5 Å². The van der Waals surface area contributed by atoms with E-state index < -0.39 is 23.4 Å². The largest absolute Gasteiger partial charge is 0.374 e. The molecule has 1 aromatic carbocycles. The van der Waals surface area contributed by atoms with Crippen LogP contribution in [0.1, 0.15) is 39.2 Å². The Morgan fingerprint density at radius 1 is 1.26 bits per heavy atom. The van der Waals surface area contributed by atoms with E-state index in [9.17, 15) is 14.4 Å². The van der Waals surface area contributed by atoms with E-state index in [0.717, 1.165) is 31.5 Å². The highest BCUT2D eigenvalue weighted by Crippen LogP contribution is 2.16. The summed E-state index contributed by atoms with van der Waals surface area (Å²) < 4.78 is 7.33. The number of rotatable bonds is 10. The average molecular weight is 485 g/mol. The Labute approximate surface area is 206 Å². The molecule has 1 aliphatic heterocycles. The van der Waals surface area contributed by atoms with Gasteiger partial charge in [0.25, 0.3) is 5.91 Å². The van der Waals surface area contributed by atoms with Crippen LogP contribution in [-0.4, -0.2) is 63.4 Å². The van der Waals surface area contributed by atoms with Crippen molar-refractivity contribution in [2.24, 2.45) is 11.7 Å². The minimum Gasteiger partial charge on any atom is -0.374 e. The molecule has 0 spiro atoms. The molecule has 1 unspecified atom stereocenters. The summed E-state index contributed by atoms with van der Waals surface area (Å²) in [7, 11) is 0. The molecule has 0 saturated carbocycles. The molecule has 10 heteroatoms. The number of imidazole rings is 1. The van der Waals surface area contributed by atoms with E-state index in [1.807, 2.05) is 35.2 Å². The molecule has 190 valence electrons. The number of carbonyl (C=O) groups is 3. The number of ether oxygens (including phenoxy) is 1. The van der Waals surface area contributed by atoms with Gasteiger partial charge in [-0.05, 0) is 38.2 Å². The molecule has 3 amide bonds. The Morgan fingerprint density at radius 3 is 2.69 bits per heavy atom. The Bertz CT molecular complexity index is 1000. The number of anilines is 1. The van der Waals surface area contributed by atoms with Crippen LogP contribution in [0.4, 0.5) is 5.82 Å². The van der Waals surface area contributed by atoms with Gasteiger partial charge in [-0.3, -0.25) is 14.4 Å². The Morgan fingerprint density at radius 2 is 2.00 bits per heavy atom. The number of amides is 3. The molecule has 2 atom stereocenters. The van der Waals surface area contributed by atoms with Crippen molar-refractivity contribution in [2.75, 3.05) is 25.0 Å². The van der Waals surface area contributed by atoms with Gasteiger partial charge in [0.1, 0.15) is 12.6 Å². The molecule has 0 radical (unpaired) electrons.